The molecule has 0 atom stereocenters. The van der Waals surface area contributed by atoms with Crippen LogP contribution in [0.1, 0.15) is 10.4 Å². The molecule has 1 amide bonds. The number of rotatable bonds is 2. The van der Waals surface area contributed by atoms with Gasteiger partial charge in [-0.1, -0.05) is 5.10 Å². The molecule has 2 aromatic rings. The van der Waals surface area contributed by atoms with E-state index in [1.807, 2.05) is 0 Å². The number of carbonyl (C=O) groups is 1. The Hall–Kier alpha value is -2.64. The summed E-state index contributed by atoms with van der Waals surface area (Å²) in [5.41, 5.74) is 0.167. The third kappa shape index (κ3) is 1.90. The van der Waals surface area contributed by atoms with Crippen LogP contribution in [0.2, 0.25) is 0 Å². The third-order valence-electron chi connectivity index (χ3n) is 1.81. The lowest BCUT2D eigenvalue weighted by Gasteiger charge is -2.02. The van der Waals surface area contributed by atoms with Gasteiger partial charge in [0.25, 0.3) is 11.9 Å². The van der Waals surface area contributed by atoms with Crippen molar-refractivity contribution in [1.82, 2.24) is 20.6 Å². The highest BCUT2D eigenvalue weighted by Crippen LogP contribution is 2.24. The van der Waals surface area contributed by atoms with Gasteiger partial charge in [-0.2, -0.15) is 5.21 Å². The number of amides is 1. The van der Waals surface area contributed by atoms with Crippen molar-refractivity contribution in [2.75, 3.05) is 5.32 Å². The van der Waals surface area contributed by atoms with Gasteiger partial charge in [0.2, 0.25) is 0 Å². The van der Waals surface area contributed by atoms with Crippen LogP contribution in [0, 0.1) is 0 Å². The zero-order chi connectivity index (χ0) is 11.5. The summed E-state index contributed by atoms with van der Waals surface area (Å²) in [6, 6.07) is 3.69. The molecule has 0 fully saturated rings. The number of hydrogen-bond acceptors (Lipinski definition) is 6. The molecule has 0 aliphatic rings. The van der Waals surface area contributed by atoms with Gasteiger partial charge in [-0.3, -0.25) is 10.1 Å². The number of aromatic nitrogens is 4. The number of benzene rings is 1. The predicted molar refractivity (Wildman–Crippen MR) is 51.9 cm³/mol. The fourth-order valence-electron chi connectivity index (χ4n) is 1.05. The van der Waals surface area contributed by atoms with Crippen LogP contribution < -0.4 is 5.32 Å². The Morgan fingerprint density at radius 3 is 2.75 bits per heavy atom. The number of phenols is 2. The minimum Gasteiger partial charge on any atom is -0.504 e. The number of H-pyrrole nitrogens is 1. The normalized spacial score (nSPS) is 10.0. The van der Waals surface area contributed by atoms with Gasteiger partial charge in [0.15, 0.2) is 11.5 Å². The van der Waals surface area contributed by atoms with E-state index in [0.717, 1.165) is 6.07 Å². The summed E-state index contributed by atoms with van der Waals surface area (Å²) in [6.07, 6.45) is 0. The number of aromatic amines is 1. The molecule has 2 rings (SSSR count). The molecule has 0 saturated carbocycles. The van der Waals surface area contributed by atoms with Crippen molar-refractivity contribution in [1.29, 1.82) is 0 Å². The largest absolute Gasteiger partial charge is 0.504 e. The van der Waals surface area contributed by atoms with Crippen molar-refractivity contribution >= 4 is 11.9 Å². The van der Waals surface area contributed by atoms with E-state index in [4.69, 9.17) is 5.11 Å². The van der Waals surface area contributed by atoms with Gasteiger partial charge in [-0.15, -0.1) is 5.10 Å². The molecule has 0 saturated heterocycles. The van der Waals surface area contributed by atoms with E-state index >= 15 is 0 Å². The Morgan fingerprint density at radius 2 is 2.12 bits per heavy atom. The topological polar surface area (TPSA) is 124 Å². The molecule has 1 aromatic heterocycles. The van der Waals surface area contributed by atoms with Gasteiger partial charge in [0.05, 0.1) is 0 Å². The van der Waals surface area contributed by atoms with Crippen LogP contribution in [-0.2, 0) is 0 Å². The fraction of sp³-hybridized carbons (Fsp3) is 0. The van der Waals surface area contributed by atoms with Gasteiger partial charge in [-0.25, -0.2) is 0 Å². The molecule has 8 nitrogen and oxygen atoms in total. The number of carbonyl (C=O) groups excluding carboxylic acids is 1. The summed E-state index contributed by atoms with van der Waals surface area (Å²) in [6.45, 7) is 0. The highest BCUT2D eigenvalue weighted by Gasteiger charge is 2.10. The Bertz CT molecular complexity index is 510. The van der Waals surface area contributed by atoms with E-state index in [9.17, 15) is 9.90 Å². The number of aromatic hydroxyl groups is 2. The predicted octanol–water partition coefficient (Wildman–Crippen LogP) is -0.137. The molecule has 16 heavy (non-hydrogen) atoms. The summed E-state index contributed by atoms with van der Waals surface area (Å²) < 4.78 is 0. The Morgan fingerprint density at radius 1 is 1.31 bits per heavy atom. The van der Waals surface area contributed by atoms with Crippen LogP contribution in [0.3, 0.4) is 0 Å². The van der Waals surface area contributed by atoms with Crippen LogP contribution in [0.4, 0.5) is 5.95 Å². The fourth-order valence-corrected chi connectivity index (χ4v) is 1.05. The number of nitrogens with one attached hydrogen (secondary N) is 2. The van der Waals surface area contributed by atoms with Gasteiger partial charge >= 0.3 is 0 Å². The second-order valence-corrected chi connectivity index (χ2v) is 2.89. The number of phenolic OH excluding ortho intramolecular Hbond substituents is 2. The summed E-state index contributed by atoms with van der Waals surface area (Å²) in [5, 5.41) is 33.1. The molecule has 82 valence electrons. The van der Waals surface area contributed by atoms with Gasteiger partial charge in [0, 0.05) is 5.56 Å². The summed E-state index contributed by atoms with van der Waals surface area (Å²) in [4.78, 5) is 11.6. The van der Waals surface area contributed by atoms with E-state index in [1.54, 1.807) is 0 Å². The number of hydrogen-bond donors (Lipinski definition) is 4. The summed E-state index contributed by atoms with van der Waals surface area (Å²) >= 11 is 0. The second-order valence-electron chi connectivity index (χ2n) is 2.89. The molecule has 8 heteroatoms. The molecule has 1 heterocycles. The van der Waals surface area contributed by atoms with E-state index in [1.165, 1.54) is 12.1 Å². The Kier molecular flexibility index (Phi) is 2.38. The Labute approximate surface area is 88.9 Å². The molecule has 0 radical (unpaired) electrons. The third-order valence-corrected chi connectivity index (χ3v) is 1.81. The number of nitrogens with zero attached hydrogens (tertiary/aromatic N) is 3. The van der Waals surface area contributed by atoms with Crippen LogP contribution in [-0.4, -0.2) is 36.7 Å². The maximum Gasteiger partial charge on any atom is 0.270 e. The van der Waals surface area contributed by atoms with E-state index in [0.29, 0.717) is 0 Å². The molecule has 4 N–H and O–H groups in total. The zero-order valence-corrected chi connectivity index (χ0v) is 7.88. The van der Waals surface area contributed by atoms with Crippen LogP contribution in [0.5, 0.6) is 11.5 Å². The van der Waals surface area contributed by atoms with Crippen LogP contribution in [0.15, 0.2) is 18.2 Å². The Balaban J connectivity index is 2.18. The van der Waals surface area contributed by atoms with Crippen molar-refractivity contribution in [3.8, 4) is 11.5 Å². The summed E-state index contributed by atoms with van der Waals surface area (Å²) in [7, 11) is 0. The van der Waals surface area contributed by atoms with Crippen molar-refractivity contribution in [3.63, 3.8) is 0 Å². The molecule has 0 aliphatic heterocycles. The highest BCUT2D eigenvalue weighted by molar-refractivity contribution is 6.03. The zero-order valence-electron chi connectivity index (χ0n) is 7.88. The molecule has 0 spiro atoms. The lowest BCUT2D eigenvalue weighted by molar-refractivity contribution is 0.102. The smallest absolute Gasteiger partial charge is 0.270 e. The standard InChI is InChI=1S/C8H7N5O3/c14-5-2-1-4(3-6(5)15)7(16)9-8-10-12-13-11-8/h1-3,14-15H,(H2,9,10,11,12,13,16). The maximum absolute atomic E-state index is 11.6. The monoisotopic (exact) mass is 221 g/mol. The van der Waals surface area contributed by atoms with E-state index < -0.39 is 5.91 Å². The summed E-state index contributed by atoms with van der Waals surface area (Å²) in [5.74, 6) is -1.16. The number of tetrazole rings is 1. The van der Waals surface area contributed by atoms with Crippen LogP contribution >= 0.6 is 0 Å². The van der Waals surface area contributed by atoms with Gasteiger partial charge in [-0.05, 0) is 23.4 Å². The van der Waals surface area contributed by atoms with Crippen molar-refractivity contribution in [3.05, 3.63) is 23.8 Å². The first-order chi connectivity index (χ1) is 7.66. The molecule has 0 unspecified atom stereocenters. The maximum atomic E-state index is 11.6. The molecular formula is C8H7N5O3. The van der Waals surface area contributed by atoms with Crippen molar-refractivity contribution < 1.29 is 15.0 Å². The first-order valence-electron chi connectivity index (χ1n) is 4.23. The molecule has 0 bridgehead atoms. The minimum absolute atomic E-state index is 0.0255. The van der Waals surface area contributed by atoms with Gasteiger partial charge < -0.3 is 10.2 Å². The van der Waals surface area contributed by atoms with Gasteiger partial charge in [0.1, 0.15) is 0 Å². The lowest BCUT2D eigenvalue weighted by atomic mass is 10.2. The molecular weight excluding hydrogens is 214 g/mol. The molecule has 1 aromatic carbocycles. The first kappa shape index (κ1) is 9.90. The average Bonchev–Trinajstić information content (AvgIpc) is 2.74. The highest BCUT2D eigenvalue weighted by atomic mass is 16.3. The van der Waals surface area contributed by atoms with E-state index in [2.05, 4.69) is 25.9 Å². The quantitative estimate of drug-likeness (QED) is 0.523. The van der Waals surface area contributed by atoms with Crippen molar-refractivity contribution in [2.45, 2.75) is 0 Å². The van der Waals surface area contributed by atoms with Crippen molar-refractivity contribution in [2.24, 2.45) is 0 Å². The van der Waals surface area contributed by atoms with Crippen LogP contribution in [0.25, 0.3) is 0 Å². The average molecular weight is 221 g/mol. The first-order valence-corrected chi connectivity index (χ1v) is 4.23. The molecule has 0 aliphatic carbocycles. The lowest BCUT2D eigenvalue weighted by Crippen LogP contribution is -2.12. The minimum atomic E-state index is -0.517. The SMILES string of the molecule is O=C(Nc1nn[nH]n1)c1ccc(O)c(O)c1. The second kappa shape index (κ2) is 3.85. The van der Waals surface area contributed by atoms with E-state index in [-0.39, 0.29) is 23.0 Å². The number of anilines is 1.